The van der Waals surface area contributed by atoms with Crippen molar-refractivity contribution in [3.05, 3.63) is 247 Å². The first-order chi connectivity index (χ1) is 33.7. The van der Waals surface area contributed by atoms with E-state index in [1.54, 1.807) is 0 Å². The van der Waals surface area contributed by atoms with Crippen LogP contribution in [0.3, 0.4) is 0 Å². The maximum Gasteiger partial charge on any atom is 0.137 e. The van der Waals surface area contributed by atoms with Crippen LogP contribution in [-0.2, 0) is 19.3 Å². The highest BCUT2D eigenvalue weighted by Gasteiger charge is 2.21. The lowest BCUT2D eigenvalue weighted by Gasteiger charge is -2.27. The van der Waals surface area contributed by atoms with Crippen molar-refractivity contribution in [3.8, 4) is 11.1 Å². The molecule has 0 N–H and O–H groups in total. The van der Waals surface area contributed by atoms with Gasteiger partial charge in [-0.2, -0.15) is 0 Å². The minimum atomic E-state index is 0.876. The van der Waals surface area contributed by atoms with Crippen LogP contribution >= 0.6 is 0 Å². The molecular weight excluding hydrogens is 829 g/mol. The van der Waals surface area contributed by atoms with Crippen LogP contribution in [0.15, 0.2) is 233 Å². The van der Waals surface area contributed by atoms with E-state index in [9.17, 15) is 0 Å². The number of furan rings is 2. The summed E-state index contributed by atoms with van der Waals surface area (Å²) >= 11 is 0. The SMILES string of the molecule is C1=Cc2oc3cc(N(c4ccc(CCc5ccc(-c6ccc(N(c7ccc8c(c7)oc7ccccc78)c7cccc8ccccc78)cc6)cc5)cc4)c4cccc5ccccc45)ccc3c2CC1. The Morgan fingerprint density at radius 2 is 0.838 bits per heavy atom. The van der Waals surface area contributed by atoms with Gasteiger partial charge in [-0.15, -0.1) is 0 Å². The highest BCUT2D eigenvalue weighted by atomic mass is 16.3. The fraction of sp³-hybridized carbons (Fsp3) is 0.0625. The number of allylic oxidation sites excluding steroid dienone is 1. The second-order valence-corrected chi connectivity index (χ2v) is 17.9. The van der Waals surface area contributed by atoms with E-state index in [-0.39, 0.29) is 0 Å². The van der Waals surface area contributed by atoms with Gasteiger partial charge >= 0.3 is 0 Å². The molecule has 0 spiro atoms. The number of fused-ring (bicyclic) bond motifs is 8. The zero-order valence-electron chi connectivity index (χ0n) is 37.5. The Hall–Kier alpha value is -8.60. The van der Waals surface area contributed by atoms with Crippen LogP contribution in [0, 0.1) is 0 Å². The second-order valence-electron chi connectivity index (χ2n) is 17.9. The van der Waals surface area contributed by atoms with Crippen molar-refractivity contribution in [2.75, 3.05) is 9.80 Å². The summed E-state index contributed by atoms with van der Waals surface area (Å²) in [5.74, 6) is 0.989. The van der Waals surface area contributed by atoms with Crippen molar-refractivity contribution in [2.24, 2.45) is 0 Å². The highest BCUT2D eigenvalue weighted by Crippen LogP contribution is 2.44. The minimum absolute atomic E-state index is 0.876. The van der Waals surface area contributed by atoms with Gasteiger partial charge in [0.05, 0.1) is 11.4 Å². The molecule has 0 unspecified atom stereocenters. The number of benzene rings is 10. The van der Waals surface area contributed by atoms with Gasteiger partial charge in [0.25, 0.3) is 0 Å². The average Bonchev–Trinajstić information content (AvgIpc) is 3.97. The predicted molar refractivity (Wildman–Crippen MR) is 285 cm³/mol. The van der Waals surface area contributed by atoms with Gasteiger partial charge in [-0.05, 0) is 132 Å². The van der Waals surface area contributed by atoms with Gasteiger partial charge in [0.2, 0.25) is 0 Å². The highest BCUT2D eigenvalue weighted by molar-refractivity contribution is 6.07. The summed E-state index contributed by atoms with van der Waals surface area (Å²) < 4.78 is 12.8. The Kier molecular flexibility index (Phi) is 9.75. The Morgan fingerprint density at radius 3 is 1.47 bits per heavy atom. The first-order valence-electron chi connectivity index (χ1n) is 23.7. The zero-order chi connectivity index (χ0) is 45.0. The van der Waals surface area contributed by atoms with Crippen LogP contribution in [0.25, 0.3) is 71.7 Å². The van der Waals surface area contributed by atoms with Gasteiger partial charge in [0, 0.05) is 67.4 Å². The van der Waals surface area contributed by atoms with Gasteiger partial charge in [0.15, 0.2) is 0 Å². The van der Waals surface area contributed by atoms with E-state index >= 15 is 0 Å². The van der Waals surface area contributed by atoms with Gasteiger partial charge in [-0.1, -0.05) is 146 Å². The fourth-order valence-electron chi connectivity index (χ4n) is 10.4. The molecule has 1 aliphatic carbocycles. The van der Waals surface area contributed by atoms with Crippen molar-refractivity contribution in [1.29, 1.82) is 0 Å². The van der Waals surface area contributed by atoms with E-state index < -0.39 is 0 Å². The quantitative estimate of drug-likeness (QED) is 0.137. The van der Waals surface area contributed by atoms with E-state index in [1.807, 2.05) is 12.1 Å². The molecule has 1 aliphatic rings. The van der Waals surface area contributed by atoms with Crippen LogP contribution in [0.5, 0.6) is 0 Å². The molecule has 4 nitrogen and oxygen atoms in total. The van der Waals surface area contributed by atoms with E-state index in [2.05, 4.69) is 228 Å². The van der Waals surface area contributed by atoms with Crippen LogP contribution < -0.4 is 9.80 Å². The molecule has 0 radical (unpaired) electrons. The Morgan fingerprint density at radius 1 is 0.368 bits per heavy atom. The number of hydrogen-bond donors (Lipinski definition) is 0. The molecule has 12 aromatic rings. The van der Waals surface area contributed by atoms with Crippen LogP contribution in [-0.4, -0.2) is 0 Å². The molecule has 68 heavy (non-hydrogen) atoms. The van der Waals surface area contributed by atoms with E-state index in [4.69, 9.17) is 8.83 Å². The van der Waals surface area contributed by atoms with Crippen molar-refractivity contribution in [1.82, 2.24) is 0 Å². The molecular formula is C64H46N2O2. The number of aryl methyl sites for hydroxylation is 3. The molecule has 0 aliphatic heterocycles. The third-order valence-electron chi connectivity index (χ3n) is 13.8. The van der Waals surface area contributed by atoms with Gasteiger partial charge < -0.3 is 18.6 Å². The lowest BCUT2D eigenvalue weighted by atomic mass is 9.99. The Bertz CT molecular complexity index is 3850. The molecule has 0 fully saturated rings. The first-order valence-corrected chi connectivity index (χ1v) is 23.7. The number of para-hydroxylation sites is 1. The lowest BCUT2D eigenvalue weighted by Crippen LogP contribution is -2.10. The maximum atomic E-state index is 6.42. The molecule has 4 heteroatoms. The normalized spacial score (nSPS) is 12.4. The molecule has 0 bridgehead atoms. The summed E-state index contributed by atoms with van der Waals surface area (Å²) in [4.78, 5) is 4.72. The molecule has 0 saturated carbocycles. The molecule has 2 aromatic heterocycles. The standard InChI is InChI=1S/C64H46N2O2/c1-3-15-53-47(11-1)13-9-19-59(53)65(51-37-39-57-55-17-5-7-21-61(55)67-63(57)41-51)49-33-27-44(28-34-49)24-23-43-25-29-45(30-26-43)46-31-35-50(36-32-46)66(60-20-10-14-48-12-2-4-16-54(48)60)52-38-40-58-56-18-6-8-22-62(56)68-64(58)42-52/h1-4,6-16,18-22,25-42H,5,17,23-24H2. The summed E-state index contributed by atoms with van der Waals surface area (Å²) in [6, 6.07) is 79.0. The predicted octanol–water partition coefficient (Wildman–Crippen LogP) is 18.0. The van der Waals surface area contributed by atoms with Crippen LogP contribution in [0.4, 0.5) is 34.1 Å². The number of nitrogens with zero attached hydrogens (tertiary/aromatic N) is 2. The largest absolute Gasteiger partial charge is 0.456 e. The monoisotopic (exact) mass is 874 g/mol. The minimum Gasteiger partial charge on any atom is -0.456 e. The van der Waals surface area contributed by atoms with Crippen molar-refractivity contribution < 1.29 is 8.83 Å². The summed E-state index contributed by atoms with van der Waals surface area (Å²) in [5, 5.41) is 8.28. The molecule has 10 aromatic carbocycles. The first kappa shape index (κ1) is 39.7. The summed E-state index contributed by atoms with van der Waals surface area (Å²) in [6.45, 7) is 0. The van der Waals surface area contributed by atoms with Crippen molar-refractivity contribution >= 4 is 94.7 Å². The molecule has 0 saturated heterocycles. The Labute approximate surface area is 395 Å². The topological polar surface area (TPSA) is 32.8 Å². The van der Waals surface area contributed by atoms with Gasteiger partial charge in [-0.3, -0.25) is 0 Å². The smallest absolute Gasteiger partial charge is 0.137 e. The van der Waals surface area contributed by atoms with E-state index in [0.717, 1.165) is 93.1 Å². The van der Waals surface area contributed by atoms with E-state index in [0.29, 0.717) is 0 Å². The third-order valence-corrected chi connectivity index (χ3v) is 13.8. The molecule has 324 valence electrons. The summed E-state index contributed by atoms with van der Waals surface area (Å²) in [5.41, 5.74) is 15.6. The number of hydrogen-bond acceptors (Lipinski definition) is 4. The molecule has 13 rings (SSSR count). The molecule has 2 heterocycles. The average molecular weight is 875 g/mol. The van der Waals surface area contributed by atoms with Gasteiger partial charge in [-0.25, -0.2) is 0 Å². The third kappa shape index (κ3) is 7.10. The fourth-order valence-corrected chi connectivity index (χ4v) is 10.4. The van der Waals surface area contributed by atoms with Crippen molar-refractivity contribution in [2.45, 2.75) is 25.7 Å². The lowest BCUT2D eigenvalue weighted by molar-refractivity contribution is 0.595. The maximum absolute atomic E-state index is 6.42. The summed E-state index contributed by atoms with van der Waals surface area (Å²) in [7, 11) is 0. The Balaban J connectivity index is 0.754. The zero-order valence-corrected chi connectivity index (χ0v) is 37.5. The molecule has 0 atom stereocenters. The van der Waals surface area contributed by atoms with Gasteiger partial charge in [0.1, 0.15) is 22.5 Å². The van der Waals surface area contributed by atoms with Crippen LogP contribution in [0.1, 0.15) is 28.9 Å². The van der Waals surface area contributed by atoms with Crippen molar-refractivity contribution in [3.63, 3.8) is 0 Å². The van der Waals surface area contributed by atoms with E-state index in [1.165, 1.54) is 54.7 Å². The van der Waals surface area contributed by atoms with Crippen LogP contribution in [0.2, 0.25) is 0 Å². The second kappa shape index (κ2) is 16.7. The molecule has 0 amide bonds. The summed E-state index contributed by atoms with van der Waals surface area (Å²) in [6.07, 6.45) is 8.30. The number of anilines is 6. The number of rotatable bonds is 10.